The molecule has 5 heteroatoms. The molecule has 1 aromatic rings. The van der Waals surface area contributed by atoms with E-state index in [1.165, 1.54) is 6.07 Å². The third kappa shape index (κ3) is 4.18. The van der Waals surface area contributed by atoms with Crippen molar-refractivity contribution < 1.29 is 9.13 Å². The molecule has 2 atom stereocenters. The highest BCUT2D eigenvalue weighted by atomic mass is 79.9. The highest BCUT2D eigenvalue weighted by Gasteiger charge is 2.25. The quantitative estimate of drug-likeness (QED) is 0.883. The van der Waals surface area contributed by atoms with Crippen molar-refractivity contribution in [3.05, 3.63) is 34.1 Å². The van der Waals surface area contributed by atoms with Crippen molar-refractivity contribution in [3.63, 3.8) is 0 Å². The summed E-state index contributed by atoms with van der Waals surface area (Å²) in [6, 6.07) is 5.43. The van der Waals surface area contributed by atoms with Crippen LogP contribution in [0.1, 0.15) is 12.5 Å². The molecule has 1 fully saturated rings. The zero-order valence-corrected chi connectivity index (χ0v) is 13.4. The Morgan fingerprint density at radius 2 is 2.42 bits per heavy atom. The normalized spacial score (nSPS) is 21.3. The Morgan fingerprint density at radius 3 is 3.11 bits per heavy atom. The van der Waals surface area contributed by atoms with E-state index < -0.39 is 0 Å². The van der Waals surface area contributed by atoms with Crippen LogP contribution in [0.2, 0.25) is 0 Å². The summed E-state index contributed by atoms with van der Waals surface area (Å²) < 4.78 is 20.0. The van der Waals surface area contributed by atoms with Crippen LogP contribution in [0, 0.1) is 5.82 Å². The van der Waals surface area contributed by atoms with E-state index in [1.807, 2.05) is 17.8 Å². The molecule has 1 aliphatic rings. The Morgan fingerprint density at radius 1 is 1.58 bits per heavy atom. The van der Waals surface area contributed by atoms with Crippen LogP contribution in [0.3, 0.4) is 0 Å². The first-order valence-electron chi connectivity index (χ1n) is 6.58. The fourth-order valence-corrected chi connectivity index (χ4v) is 3.65. The molecule has 2 rings (SSSR count). The van der Waals surface area contributed by atoms with Crippen LogP contribution < -0.4 is 5.32 Å². The van der Waals surface area contributed by atoms with Crippen molar-refractivity contribution in [2.75, 3.05) is 24.7 Å². The number of halogens is 2. The van der Waals surface area contributed by atoms with Gasteiger partial charge >= 0.3 is 0 Å². The first-order valence-corrected chi connectivity index (χ1v) is 8.52. The van der Waals surface area contributed by atoms with Crippen LogP contribution in [0.5, 0.6) is 0 Å². The summed E-state index contributed by atoms with van der Waals surface area (Å²) in [5, 5.41) is 3.47. The molecular formula is C14H19BrFNOS. The summed E-state index contributed by atoms with van der Waals surface area (Å²) in [7, 11) is 0. The molecule has 0 amide bonds. The molecule has 0 aromatic heterocycles. The van der Waals surface area contributed by atoms with E-state index in [0.29, 0.717) is 4.47 Å². The predicted octanol–water partition coefficient (Wildman–Crippen LogP) is 3.24. The largest absolute Gasteiger partial charge is 0.375 e. The summed E-state index contributed by atoms with van der Waals surface area (Å²) in [6.45, 7) is 3.78. The van der Waals surface area contributed by atoms with Crippen molar-refractivity contribution in [2.45, 2.75) is 25.5 Å². The molecule has 0 saturated carbocycles. The first kappa shape index (κ1) is 15.3. The zero-order chi connectivity index (χ0) is 13.7. The van der Waals surface area contributed by atoms with Crippen LogP contribution in [-0.4, -0.2) is 36.8 Å². The van der Waals surface area contributed by atoms with E-state index in [9.17, 15) is 4.39 Å². The maximum absolute atomic E-state index is 13.6. The number of nitrogens with one attached hydrogen (secondary N) is 1. The number of rotatable bonds is 5. The molecule has 2 unspecified atom stereocenters. The van der Waals surface area contributed by atoms with Crippen molar-refractivity contribution in [3.8, 4) is 0 Å². The Labute approximate surface area is 126 Å². The van der Waals surface area contributed by atoms with Gasteiger partial charge in [0.15, 0.2) is 0 Å². The topological polar surface area (TPSA) is 21.3 Å². The molecule has 19 heavy (non-hydrogen) atoms. The fraction of sp³-hybridized carbons (Fsp3) is 0.571. The van der Waals surface area contributed by atoms with E-state index in [2.05, 4.69) is 28.2 Å². The van der Waals surface area contributed by atoms with Gasteiger partial charge in [0.05, 0.1) is 17.2 Å². The second-order valence-electron chi connectivity index (χ2n) is 4.57. The van der Waals surface area contributed by atoms with E-state index in [-0.39, 0.29) is 18.0 Å². The van der Waals surface area contributed by atoms with E-state index in [1.54, 1.807) is 6.07 Å². The van der Waals surface area contributed by atoms with Gasteiger partial charge in [0.2, 0.25) is 0 Å². The highest BCUT2D eigenvalue weighted by Crippen LogP contribution is 2.24. The van der Waals surface area contributed by atoms with Crippen molar-refractivity contribution in [1.29, 1.82) is 0 Å². The maximum atomic E-state index is 13.6. The van der Waals surface area contributed by atoms with Crippen LogP contribution in [-0.2, 0) is 11.2 Å². The Balaban J connectivity index is 2.08. The molecule has 1 N–H and O–H groups in total. The lowest BCUT2D eigenvalue weighted by Gasteiger charge is -2.31. The molecule has 0 aliphatic carbocycles. The van der Waals surface area contributed by atoms with Gasteiger partial charge in [-0.3, -0.25) is 0 Å². The minimum absolute atomic E-state index is 0.202. The summed E-state index contributed by atoms with van der Waals surface area (Å²) in [4.78, 5) is 0. The SMILES string of the molecule is CCNC(Cc1cccc(F)c1Br)C1CSCCO1. The molecule has 0 radical (unpaired) electrons. The maximum Gasteiger partial charge on any atom is 0.137 e. The van der Waals surface area contributed by atoms with Gasteiger partial charge in [0.1, 0.15) is 5.82 Å². The van der Waals surface area contributed by atoms with Gasteiger partial charge in [-0.2, -0.15) is 11.8 Å². The van der Waals surface area contributed by atoms with Gasteiger partial charge in [-0.05, 0) is 40.5 Å². The number of ether oxygens (including phenoxy) is 1. The number of hydrogen-bond acceptors (Lipinski definition) is 3. The lowest BCUT2D eigenvalue weighted by molar-refractivity contribution is 0.0475. The smallest absolute Gasteiger partial charge is 0.137 e. The fourth-order valence-electron chi connectivity index (χ4n) is 2.28. The molecule has 1 saturated heterocycles. The van der Waals surface area contributed by atoms with Gasteiger partial charge in [-0.15, -0.1) is 0 Å². The second-order valence-corrected chi connectivity index (χ2v) is 6.51. The first-order chi connectivity index (χ1) is 9.22. The summed E-state index contributed by atoms with van der Waals surface area (Å²) in [5.74, 6) is 1.87. The van der Waals surface area contributed by atoms with Gasteiger partial charge in [-0.25, -0.2) is 4.39 Å². The van der Waals surface area contributed by atoms with Crippen LogP contribution >= 0.6 is 27.7 Å². The third-order valence-corrected chi connectivity index (χ3v) is 5.14. The average molecular weight is 348 g/mol. The van der Waals surface area contributed by atoms with Crippen LogP contribution in [0.4, 0.5) is 4.39 Å². The number of hydrogen-bond donors (Lipinski definition) is 1. The van der Waals surface area contributed by atoms with Crippen molar-refractivity contribution in [2.24, 2.45) is 0 Å². The van der Waals surface area contributed by atoms with Crippen LogP contribution in [0.25, 0.3) is 0 Å². The summed E-state index contributed by atoms with van der Waals surface area (Å²) >= 11 is 5.26. The molecular weight excluding hydrogens is 329 g/mol. The Kier molecular flexibility index (Phi) is 6.13. The van der Waals surface area contributed by atoms with Crippen molar-refractivity contribution >= 4 is 27.7 Å². The van der Waals surface area contributed by atoms with Crippen LogP contribution in [0.15, 0.2) is 22.7 Å². The molecule has 2 nitrogen and oxygen atoms in total. The van der Waals surface area contributed by atoms with Gasteiger partial charge in [-0.1, -0.05) is 19.1 Å². The van der Waals surface area contributed by atoms with Gasteiger partial charge < -0.3 is 10.1 Å². The minimum Gasteiger partial charge on any atom is -0.375 e. The Bertz CT molecular complexity index is 412. The number of likely N-dealkylation sites (N-methyl/N-ethyl adjacent to an activating group) is 1. The Hall–Kier alpha value is -0.100. The number of thioether (sulfide) groups is 1. The van der Waals surface area contributed by atoms with E-state index >= 15 is 0 Å². The molecule has 1 aromatic carbocycles. The lowest BCUT2D eigenvalue weighted by Crippen LogP contribution is -2.46. The van der Waals surface area contributed by atoms with Crippen molar-refractivity contribution in [1.82, 2.24) is 5.32 Å². The summed E-state index contributed by atoms with van der Waals surface area (Å²) in [6.07, 6.45) is 0.978. The second kappa shape index (κ2) is 7.62. The van der Waals surface area contributed by atoms with Gasteiger partial charge in [0.25, 0.3) is 0 Å². The molecule has 0 spiro atoms. The zero-order valence-electron chi connectivity index (χ0n) is 11.0. The average Bonchev–Trinajstić information content (AvgIpc) is 2.44. The predicted molar refractivity (Wildman–Crippen MR) is 82.3 cm³/mol. The molecule has 1 heterocycles. The van der Waals surface area contributed by atoms with E-state index in [4.69, 9.17) is 4.74 Å². The standard InChI is InChI=1S/C14H19BrFNOS/c1-2-17-12(13-9-19-7-6-18-13)8-10-4-3-5-11(16)14(10)15/h3-5,12-13,17H,2,6-9H2,1H3. The molecule has 0 bridgehead atoms. The van der Waals surface area contributed by atoms with E-state index in [0.717, 1.165) is 36.6 Å². The molecule has 106 valence electrons. The minimum atomic E-state index is -0.202. The summed E-state index contributed by atoms with van der Waals surface area (Å²) in [5.41, 5.74) is 0.991. The lowest BCUT2D eigenvalue weighted by atomic mass is 10.0. The highest BCUT2D eigenvalue weighted by molar-refractivity contribution is 9.10. The monoisotopic (exact) mass is 347 g/mol. The molecule has 1 aliphatic heterocycles. The third-order valence-electron chi connectivity index (χ3n) is 3.23. The number of benzene rings is 1. The van der Waals surface area contributed by atoms with Gasteiger partial charge in [0, 0.05) is 17.5 Å².